The van der Waals surface area contributed by atoms with Gasteiger partial charge in [0.15, 0.2) is 0 Å². The molecule has 1 N–H and O–H groups in total. The number of methoxy groups -OCH3 is 1. The number of fused-ring (bicyclic) bond motifs is 1. The second-order valence-electron chi connectivity index (χ2n) is 6.31. The van der Waals surface area contributed by atoms with Gasteiger partial charge in [-0.3, -0.25) is 4.90 Å². The molecule has 0 fully saturated rings. The predicted octanol–water partition coefficient (Wildman–Crippen LogP) is 4.51. The van der Waals surface area contributed by atoms with Crippen molar-refractivity contribution >= 4 is 28.2 Å². The Morgan fingerprint density at radius 1 is 1.20 bits per heavy atom. The second kappa shape index (κ2) is 6.90. The lowest BCUT2D eigenvalue weighted by atomic mass is 10.1. The molecule has 0 atom stereocenters. The van der Waals surface area contributed by atoms with Crippen molar-refractivity contribution in [2.45, 2.75) is 13.0 Å². The van der Waals surface area contributed by atoms with Gasteiger partial charge in [0.1, 0.15) is 11.6 Å². The zero-order chi connectivity index (χ0) is 17.2. The van der Waals surface area contributed by atoms with Crippen molar-refractivity contribution in [3.05, 3.63) is 65.0 Å². The zero-order valence-corrected chi connectivity index (χ0v) is 14.9. The van der Waals surface area contributed by atoms with Crippen LogP contribution in [0.1, 0.15) is 17.8 Å². The summed E-state index contributed by atoms with van der Waals surface area (Å²) in [6.07, 6.45) is 3.26. The average molecular weight is 354 g/mol. The molecule has 0 spiro atoms. The van der Waals surface area contributed by atoms with Crippen LogP contribution in [0.3, 0.4) is 0 Å². The lowest BCUT2D eigenvalue weighted by Gasteiger charge is -2.25. The second-order valence-corrected chi connectivity index (χ2v) is 6.75. The molecule has 0 unspecified atom stereocenters. The van der Waals surface area contributed by atoms with Gasteiger partial charge in [0.2, 0.25) is 0 Å². The van der Waals surface area contributed by atoms with Crippen LogP contribution < -0.4 is 4.74 Å². The van der Waals surface area contributed by atoms with E-state index in [-0.39, 0.29) is 0 Å². The number of imidazole rings is 1. The van der Waals surface area contributed by atoms with Gasteiger partial charge >= 0.3 is 0 Å². The van der Waals surface area contributed by atoms with Gasteiger partial charge in [0.25, 0.3) is 0 Å². The summed E-state index contributed by atoms with van der Waals surface area (Å²) in [6.45, 7) is 2.89. The van der Waals surface area contributed by atoms with Crippen molar-refractivity contribution in [1.82, 2.24) is 14.9 Å². The van der Waals surface area contributed by atoms with E-state index in [2.05, 4.69) is 28.1 Å². The molecule has 0 amide bonds. The third kappa shape index (κ3) is 3.55. The molecule has 1 aromatic heterocycles. The van der Waals surface area contributed by atoms with E-state index >= 15 is 0 Å². The van der Waals surface area contributed by atoms with E-state index in [1.165, 1.54) is 11.1 Å². The summed E-state index contributed by atoms with van der Waals surface area (Å²) in [4.78, 5) is 10.6. The summed E-state index contributed by atoms with van der Waals surface area (Å²) < 4.78 is 5.27. The molecule has 2 aromatic carbocycles. The summed E-state index contributed by atoms with van der Waals surface area (Å²) >= 11 is 5.95. The number of benzene rings is 2. The number of rotatable bonds is 4. The Hall–Kier alpha value is -2.30. The normalized spacial score (nSPS) is 15.4. The van der Waals surface area contributed by atoms with Crippen molar-refractivity contribution in [1.29, 1.82) is 0 Å². The van der Waals surface area contributed by atoms with Crippen molar-refractivity contribution in [2.24, 2.45) is 0 Å². The fourth-order valence-electron chi connectivity index (χ4n) is 3.18. The molecule has 0 saturated carbocycles. The molecule has 128 valence electrons. The predicted molar refractivity (Wildman–Crippen MR) is 102 cm³/mol. The van der Waals surface area contributed by atoms with E-state index in [1.807, 2.05) is 30.3 Å². The first-order valence-corrected chi connectivity index (χ1v) is 8.79. The van der Waals surface area contributed by atoms with Gasteiger partial charge < -0.3 is 9.72 Å². The number of halogens is 1. The van der Waals surface area contributed by atoms with Crippen molar-refractivity contribution in [3.8, 4) is 5.75 Å². The van der Waals surface area contributed by atoms with Crippen LogP contribution in [0.15, 0.2) is 48.5 Å². The number of hydrogen-bond donors (Lipinski definition) is 1. The summed E-state index contributed by atoms with van der Waals surface area (Å²) in [6, 6.07) is 14.0. The van der Waals surface area contributed by atoms with E-state index in [0.29, 0.717) is 0 Å². The highest BCUT2D eigenvalue weighted by Gasteiger charge is 2.16. The van der Waals surface area contributed by atoms with Crippen LogP contribution in [0, 0.1) is 0 Å². The van der Waals surface area contributed by atoms with E-state index < -0.39 is 0 Å². The minimum absolute atomic E-state index is 0.783. The first-order chi connectivity index (χ1) is 12.2. The Bertz CT molecular complexity index is 914. The number of hydrogen-bond acceptors (Lipinski definition) is 3. The molecule has 0 radical (unpaired) electrons. The lowest BCUT2D eigenvalue weighted by molar-refractivity contribution is 0.293. The molecule has 4 rings (SSSR count). The Labute approximate surface area is 152 Å². The average Bonchev–Trinajstić information content (AvgIpc) is 3.07. The van der Waals surface area contributed by atoms with Crippen LogP contribution in [0.4, 0.5) is 0 Å². The van der Waals surface area contributed by atoms with E-state index in [1.54, 1.807) is 7.11 Å². The summed E-state index contributed by atoms with van der Waals surface area (Å²) in [5.74, 6) is 1.80. The fraction of sp³-hybridized carbons (Fsp3) is 0.250. The van der Waals surface area contributed by atoms with Crippen molar-refractivity contribution in [3.63, 3.8) is 0 Å². The molecule has 4 nitrogen and oxygen atoms in total. The number of ether oxygens (including phenoxy) is 1. The Morgan fingerprint density at radius 3 is 2.76 bits per heavy atom. The maximum atomic E-state index is 5.95. The van der Waals surface area contributed by atoms with Crippen LogP contribution in [-0.4, -0.2) is 35.1 Å². The van der Waals surface area contributed by atoms with Gasteiger partial charge in [0.05, 0.1) is 18.1 Å². The zero-order valence-electron chi connectivity index (χ0n) is 14.1. The Kier molecular flexibility index (Phi) is 4.47. The smallest absolute Gasteiger partial charge is 0.134 e. The van der Waals surface area contributed by atoms with Gasteiger partial charge in [0, 0.05) is 30.7 Å². The highest BCUT2D eigenvalue weighted by atomic mass is 35.5. The topological polar surface area (TPSA) is 41.1 Å². The van der Waals surface area contributed by atoms with Crippen molar-refractivity contribution in [2.75, 3.05) is 20.2 Å². The van der Waals surface area contributed by atoms with Gasteiger partial charge in [-0.15, -0.1) is 0 Å². The highest BCUT2D eigenvalue weighted by molar-refractivity contribution is 6.30. The van der Waals surface area contributed by atoms with Crippen LogP contribution >= 0.6 is 11.6 Å². The van der Waals surface area contributed by atoms with Gasteiger partial charge in [-0.1, -0.05) is 29.8 Å². The Morgan fingerprint density at radius 2 is 2.04 bits per heavy atom. The van der Waals surface area contributed by atoms with Crippen LogP contribution in [-0.2, 0) is 6.54 Å². The molecule has 2 heterocycles. The molecular formula is C20H20ClN3O. The number of nitrogens with zero attached hydrogens (tertiary/aromatic N) is 2. The molecule has 0 bridgehead atoms. The molecule has 3 aromatic rings. The number of aromatic nitrogens is 2. The SMILES string of the molecule is COc1ccc2[nH]c(C3=CCN(Cc4ccc(Cl)cc4)CC3)nc2c1. The monoisotopic (exact) mass is 353 g/mol. The van der Waals surface area contributed by atoms with Crippen LogP contribution in [0.5, 0.6) is 5.75 Å². The molecule has 1 aliphatic heterocycles. The van der Waals surface area contributed by atoms with E-state index in [9.17, 15) is 0 Å². The molecule has 1 aliphatic rings. The third-order valence-corrected chi connectivity index (χ3v) is 4.86. The Balaban J connectivity index is 1.47. The van der Waals surface area contributed by atoms with E-state index in [0.717, 1.165) is 53.7 Å². The van der Waals surface area contributed by atoms with Crippen LogP contribution in [0.25, 0.3) is 16.6 Å². The number of nitrogens with one attached hydrogen (secondary N) is 1. The first kappa shape index (κ1) is 16.2. The van der Waals surface area contributed by atoms with Gasteiger partial charge in [-0.05, 0) is 41.8 Å². The molecule has 0 saturated heterocycles. The summed E-state index contributed by atoms with van der Waals surface area (Å²) in [5.41, 5.74) is 4.55. The van der Waals surface area contributed by atoms with Gasteiger partial charge in [-0.25, -0.2) is 4.98 Å². The minimum Gasteiger partial charge on any atom is -0.497 e. The molecule has 0 aliphatic carbocycles. The summed E-state index contributed by atoms with van der Waals surface area (Å²) in [7, 11) is 1.67. The molecule has 5 heteroatoms. The van der Waals surface area contributed by atoms with E-state index in [4.69, 9.17) is 21.3 Å². The quantitative estimate of drug-likeness (QED) is 0.750. The van der Waals surface area contributed by atoms with Gasteiger partial charge in [-0.2, -0.15) is 0 Å². The molecular weight excluding hydrogens is 334 g/mol. The molecule has 25 heavy (non-hydrogen) atoms. The maximum absolute atomic E-state index is 5.95. The minimum atomic E-state index is 0.783. The third-order valence-electron chi connectivity index (χ3n) is 4.61. The number of H-pyrrole nitrogens is 1. The lowest BCUT2D eigenvalue weighted by Crippen LogP contribution is -2.28. The van der Waals surface area contributed by atoms with Crippen LogP contribution in [0.2, 0.25) is 5.02 Å². The largest absolute Gasteiger partial charge is 0.497 e. The highest BCUT2D eigenvalue weighted by Crippen LogP contribution is 2.25. The first-order valence-electron chi connectivity index (χ1n) is 8.41. The maximum Gasteiger partial charge on any atom is 0.134 e. The number of aromatic amines is 1. The fourth-order valence-corrected chi connectivity index (χ4v) is 3.31. The standard InChI is InChI=1S/C20H20ClN3O/c1-25-17-6-7-18-19(12-17)23-20(22-18)15-8-10-24(11-9-15)13-14-2-4-16(21)5-3-14/h2-8,12H,9-11,13H2,1H3,(H,22,23). The van der Waals surface area contributed by atoms with Crippen molar-refractivity contribution < 1.29 is 4.74 Å². The summed E-state index contributed by atoms with van der Waals surface area (Å²) in [5, 5.41) is 0.783.